The van der Waals surface area contributed by atoms with Crippen LogP contribution in [0.2, 0.25) is 5.02 Å². The standard InChI is InChI=1S/C17H16ClIO2/c18-17-10-14(19)4-3-13(17)9-12-1-5-15(6-2-12)21-16-7-8-20-11-16/h1-6,10,16H,7-9,11H2/t16-/m0/s1. The first-order chi connectivity index (χ1) is 10.2. The SMILES string of the molecule is Clc1cc(I)ccc1Cc1ccc(O[C@H]2CCOC2)cc1. The predicted molar refractivity (Wildman–Crippen MR) is 93.3 cm³/mol. The lowest BCUT2D eigenvalue weighted by atomic mass is 10.0. The highest BCUT2D eigenvalue weighted by Gasteiger charge is 2.16. The fraction of sp³-hybridized carbons (Fsp3) is 0.294. The lowest BCUT2D eigenvalue weighted by Gasteiger charge is -2.12. The van der Waals surface area contributed by atoms with Crippen LogP contribution in [0.4, 0.5) is 0 Å². The van der Waals surface area contributed by atoms with E-state index in [1.54, 1.807) is 0 Å². The summed E-state index contributed by atoms with van der Waals surface area (Å²) in [6, 6.07) is 14.4. The highest BCUT2D eigenvalue weighted by atomic mass is 127. The Morgan fingerprint density at radius 3 is 2.67 bits per heavy atom. The van der Waals surface area contributed by atoms with E-state index >= 15 is 0 Å². The second kappa shape index (κ2) is 6.99. The van der Waals surface area contributed by atoms with Crippen LogP contribution in [0.3, 0.4) is 0 Å². The van der Waals surface area contributed by atoms with E-state index in [9.17, 15) is 0 Å². The molecule has 2 aromatic rings. The Labute approximate surface area is 143 Å². The van der Waals surface area contributed by atoms with Gasteiger partial charge in [-0.15, -0.1) is 0 Å². The van der Waals surface area contributed by atoms with Crippen molar-refractivity contribution in [2.24, 2.45) is 0 Å². The zero-order valence-corrected chi connectivity index (χ0v) is 14.4. The normalized spacial score (nSPS) is 17.9. The molecule has 21 heavy (non-hydrogen) atoms. The third kappa shape index (κ3) is 4.11. The van der Waals surface area contributed by atoms with Crippen LogP contribution < -0.4 is 4.74 Å². The van der Waals surface area contributed by atoms with Crippen LogP contribution in [0.25, 0.3) is 0 Å². The number of ether oxygens (including phenoxy) is 2. The zero-order valence-electron chi connectivity index (χ0n) is 11.5. The molecule has 0 saturated carbocycles. The maximum atomic E-state index is 6.28. The molecule has 1 saturated heterocycles. The highest BCUT2D eigenvalue weighted by Crippen LogP contribution is 2.23. The Balaban J connectivity index is 1.66. The van der Waals surface area contributed by atoms with Gasteiger partial charge in [-0.1, -0.05) is 29.8 Å². The van der Waals surface area contributed by atoms with Crippen LogP contribution in [-0.4, -0.2) is 19.3 Å². The lowest BCUT2D eigenvalue weighted by Crippen LogP contribution is -2.15. The lowest BCUT2D eigenvalue weighted by molar-refractivity contribution is 0.141. The second-order valence-corrected chi connectivity index (χ2v) is 6.81. The molecule has 4 heteroatoms. The van der Waals surface area contributed by atoms with E-state index in [2.05, 4.69) is 46.9 Å². The topological polar surface area (TPSA) is 18.5 Å². The van der Waals surface area contributed by atoms with Crippen LogP contribution in [0.5, 0.6) is 5.75 Å². The number of hydrogen-bond donors (Lipinski definition) is 0. The summed E-state index contributed by atoms with van der Waals surface area (Å²) in [4.78, 5) is 0. The van der Waals surface area contributed by atoms with Gasteiger partial charge < -0.3 is 9.47 Å². The van der Waals surface area contributed by atoms with Crippen molar-refractivity contribution in [3.05, 3.63) is 62.2 Å². The Morgan fingerprint density at radius 2 is 2.00 bits per heavy atom. The van der Waals surface area contributed by atoms with Crippen molar-refractivity contribution in [1.29, 1.82) is 0 Å². The van der Waals surface area contributed by atoms with E-state index in [0.29, 0.717) is 6.61 Å². The third-order valence-electron chi connectivity index (χ3n) is 3.52. The van der Waals surface area contributed by atoms with Crippen molar-refractivity contribution >= 4 is 34.2 Å². The zero-order chi connectivity index (χ0) is 14.7. The van der Waals surface area contributed by atoms with Crippen LogP contribution in [0.15, 0.2) is 42.5 Å². The van der Waals surface area contributed by atoms with Crippen molar-refractivity contribution < 1.29 is 9.47 Å². The summed E-state index contributed by atoms with van der Waals surface area (Å²) in [7, 11) is 0. The monoisotopic (exact) mass is 414 g/mol. The van der Waals surface area contributed by atoms with Gasteiger partial charge in [0, 0.05) is 15.0 Å². The van der Waals surface area contributed by atoms with E-state index in [-0.39, 0.29) is 6.10 Å². The van der Waals surface area contributed by atoms with Gasteiger partial charge in [0.2, 0.25) is 0 Å². The molecule has 2 aromatic carbocycles. The Kier molecular flexibility index (Phi) is 5.03. The fourth-order valence-electron chi connectivity index (χ4n) is 2.37. The van der Waals surface area contributed by atoms with Gasteiger partial charge in [-0.25, -0.2) is 0 Å². The van der Waals surface area contributed by atoms with Gasteiger partial charge in [-0.3, -0.25) is 0 Å². The van der Waals surface area contributed by atoms with Crippen LogP contribution in [-0.2, 0) is 11.2 Å². The molecule has 1 heterocycles. The van der Waals surface area contributed by atoms with Crippen molar-refractivity contribution in [1.82, 2.24) is 0 Å². The van der Waals surface area contributed by atoms with Crippen molar-refractivity contribution in [2.45, 2.75) is 18.9 Å². The average molecular weight is 415 g/mol. The van der Waals surface area contributed by atoms with E-state index < -0.39 is 0 Å². The number of benzene rings is 2. The molecule has 0 radical (unpaired) electrons. The average Bonchev–Trinajstić information content (AvgIpc) is 2.97. The summed E-state index contributed by atoms with van der Waals surface area (Å²) < 4.78 is 12.3. The first-order valence-corrected chi connectivity index (χ1v) is 8.43. The molecule has 0 aromatic heterocycles. The van der Waals surface area contributed by atoms with Crippen molar-refractivity contribution in [3.63, 3.8) is 0 Å². The number of hydrogen-bond acceptors (Lipinski definition) is 2. The van der Waals surface area contributed by atoms with Gasteiger partial charge in [-0.05, 0) is 64.4 Å². The number of halogens is 2. The molecule has 0 spiro atoms. The molecule has 1 aliphatic rings. The van der Waals surface area contributed by atoms with E-state index in [0.717, 1.165) is 39.4 Å². The predicted octanol–water partition coefficient (Wildman–Crippen LogP) is 4.70. The molecule has 110 valence electrons. The highest BCUT2D eigenvalue weighted by molar-refractivity contribution is 14.1. The summed E-state index contributed by atoms with van der Waals surface area (Å²) in [5.41, 5.74) is 2.38. The smallest absolute Gasteiger partial charge is 0.124 e. The van der Waals surface area contributed by atoms with Crippen LogP contribution >= 0.6 is 34.2 Å². The molecule has 0 amide bonds. The van der Waals surface area contributed by atoms with Gasteiger partial charge in [0.25, 0.3) is 0 Å². The minimum Gasteiger partial charge on any atom is -0.488 e. The minimum absolute atomic E-state index is 0.196. The molecular formula is C17H16ClIO2. The summed E-state index contributed by atoms with van der Waals surface area (Å²) in [6.45, 7) is 1.49. The molecule has 3 rings (SSSR count). The first-order valence-electron chi connectivity index (χ1n) is 6.98. The van der Waals surface area contributed by atoms with Crippen molar-refractivity contribution in [2.75, 3.05) is 13.2 Å². The Hall–Kier alpha value is -0.780. The summed E-state index contributed by atoms with van der Waals surface area (Å²) in [5, 5.41) is 0.824. The molecule has 2 nitrogen and oxygen atoms in total. The van der Waals surface area contributed by atoms with Gasteiger partial charge in [0.15, 0.2) is 0 Å². The molecule has 1 atom stereocenters. The maximum absolute atomic E-state index is 6.28. The fourth-order valence-corrected chi connectivity index (χ4v) is 3.29. The molecule has 0 N–H and O–H groups in total. The second-order valence-electron chi connectivity index (χ2n) is 5.16. The molecule has 0 aliphatic carbocycles. The van der Waals surface area contributed by atoms with Crippen LogP contribution in [0.1, 0.15) is 17.5 Å². The third-order valence-corrected chi connectivity index (χ3v) is 4.55. The molecule has 0 bridgehead atoms. The largest absolute Gasteiger partial charge is 0.488 e. The van der Waals surface area contributed by atoms with Crippen LogP contribution in [0, 0.1) is 3.57 Å². The molecule has 1 aliphatic heterocycles. The van der Waals surface area contributed by atoms with Gasteiger partial charge >= 0.3 is 0 Å². The molecule has 0 unspecified atom stereocenters. The van der Waals surface area contributed by atoms with Crippen molar-refractivity contribution in [3.8, 4) is 5.75 Å². The summed E-state index contributed by atoms with van der Waals surface area (Å²) >= 11 is 8.55. The van der Waals surface area contributed by atoms with Gasteiger partial charge in [0.1, 0.15) is 11.9 Å². The van der Waals surface area contributed by atoms with Gasteiger partial charge in [0.05, 0.1) is 13.2 Å². The van der Waals surface area contributed by atoms with E-state index in [4.69, 9.17) is 21.1 Å². The quantitative estimate of drug-likeness (QED) is 0.675. The summed E-state index contributed by atoms with van der Waals surface area (Å²) in [6.07, 6.45) is 2.00. The van der Waals surface area contributed by atoms with Gasteiger partial charge in [-0.2, -0.15) is 0 Å². The first kappa shape index (κ1) is 15.1. The maximum Gasteiger partial charge on any atom is 0.124 e. The van der Waals surface area contributed by atoms with E-state index in [1.807, 2.05) is 18.2 Å². The van der Waals surface area contributed by atoms with E-state index in [1.165, 1.54) is 5.56 Å². The minimum atomic E-state index is 0.196. The summed E-state index contributed by atoms with van der Waals surface area (Å²) in [5.74, 6) is 0.906. The molecule has 1 fully saturated rings. The Bertz CT molecular complexity index is 607. The number of rotatable bonds is 4. The Morgan fingerprint density at radius 1 is 1.19 bits per heavy atom. The molecular weight excluding hydrogens is 399 g/mol.